The van der Waals surface area contributed by atoms with Crippen molar-refractivity contribution >= 4 is 0 Å². The summed E-state index contributed by atoms with van der Waals surface area (Å²) < 4.78 is 5.46. The van der Waals surface area contributed by atoms with Crippen molar-refractivity contribution in [1.29, 1.82) is 0 Å². The molecule has 1 aliphatic heterocycles. The summed E-state index contributed by atoms with van der Waals surface area (Å²) in [6, 6.07) is 0. The van der Waals surface area contributed by atoms with Gasteiger partial charge in [0.15, 0.2) is 0 Å². The highest BCUT2D eigenvalue weighted by Crippen LogP contribution is 2.14. The number of aliphatic hydroxyl groups excluding tert-OH is 1. The number of rotatable bonds is 5. The van der Waals surface area contributed by atoms with E-state index in [2.05, 4.69) is 5.32 Å². The zero-order valence-electron chi connectivity index (χ0n) is 7.75. The zero-order chi connectivity index (χ0) is 8.81. The Hall–Kier alpha value is -0.120. The molecule has 12 heavy (non-hydrogen) atoms. The van der Waals surface area contributed by atoms with Crippen LogP contribution in [0, 0.1) is 0 Å². The molecule has 1 fully saturated rings. The molecular weight excluding hydrogens is 154 g/mol. The van der Waals surface area contributed by atoms with Gasteiger partial charge in [-0.3, -0.25) is 0 Å². The molecule has 0 aromatic carbocycles. The maximum atomic E-state index is 8.95. The summed E-state index contributed by atoms with van der Waals surface area (Å²) in [6.45, 7) is 4.36. The van der Waals surface area contributed by atoms with Gasteiger partial charge in [-0.05, 0) is 32.7 Å². The molecule has 1 heterocycles. The fourth-order valence-electron chi connectivity index (χ4n) is 1.45. The van der Waals surface area contributed by atoms with Crippen LogP contribution in [0.1, 0.15) is 26.2 Å². The molecule has 0 amide bonds. The van der Waals surface area contributed by atoms with Crippen LogP contribution in [0.4, 0.5) is 0 Å². The molecule has 2 atom stereocenters. The van der Waals surface area contributed by atoms with Gasteiger partial charge in [0, 0.05) is 13.2 Å². The standard InChI is InChI=1S/C9H19NO2/c1-8(11)7-10-5-4-9-3-2-6-12-9/h8-11H,2-7H2,1H3/t8-,9?/m0/s1. The highest BCUT2D eigenvalue weighted by molar-refractivity contribution is 4.66. The van der Waals surface area contributed by atoms with Gasteiger partial charge in [0.1, 0.15) is 0 Å². The molecule has 3 heteroatoms. The predicted molar refractivity (Wildman–Crippen MR) is 48.1 cm³/mol. The van der Waals surface area contributed by atoms with Gasteiger partial charge in [0.25, 0.3) is 0 Å². The van der Waals surface area contributed by atoms with E-state index in [1.807, 2.05) is 0 Å². The smallest absolute Gasteiger partial charge is 0.0636 e. The third kappa shape index (κ3) is 4.04. The van der Waals surface area contributed by atoms with Crippen LogP contribution in [-0.4, -0.2) is 37.0 Å². The quantitative estimate of drug-likeness (QED) is 0.596. The van der Waals surface area contributed by atoms with Crippen molar-refractivity contribution in [3.05, 3.63) is 0 Å². The minimum atomic E-state index is -0.241. The van der Waals surface area contributed by atoms with Crippen LogP contribution < -0.4 is 5.32 Å². The van der Waals surface area contributed by atoms with Gasteiger partial charge in [-0.15, -0.1) is 0 Å². The third-order valence-electron chi connectivity index (χ3n) is 2.11. The Labute approximate surface area is 74.1 Å². The Balaban J connectivity index is 1.88. The van der Waals surface area contributed by atoms with E-state index >= 15 is 0 Å². The molecule has 72 valence electrons. The lowest BCUT2D eigenvalue weighted by molar-refractivity contribution is 0.103. The van der Waals surface area contributed by atoms with Crippen LogP contribution in [0.2, 0.25) is 0 Å². The number of hydrogen-bond acceptors (Lipinski definition) is 3. The van der Waals surface area contributed by atoms with Gasteiger partial charge in [0.05, 0.1) is 12.2 Å². The zero-order valence-corrected chi connectivity index (χ0v) is 7.75. The summed E-state index contributed by atoms with van der Waals surface area (Å²) in [4.78, 5) is 0. The predicted octanol–water partition coefficient (Wildman–Crippen LogP) is 0.526. The first-order valence-electron chi connectivity index (χ1n) is 4.79. The fourth-order valence-corrected chi connectivity index (χ4v) is 1.45. The maximum Gasteiger partial charge on any atom is 0.0636 e. The normalized spacial score (nSPS) is 26.0. The van der Waals surface area contributed by atoms with Crippen LogP contribution in [-0.2, 0) is 4.74 Å². The van der Waals surface area contributed by atoms with Gasteiger partial charge in [-0.2, -0.15) is 0 Å². The van der Waals surface area contributed by atoms with E-state index in [9.17, 15) is 0 Å². The fraction of sp³-hybridized carbons (Fsp3) is 1.00. The molecule has 0 bridgehead atoms. The van der Waals surface area contributed by atoms with Crippen molar-refractivity contribution in [3.8, 4) is 0 Å². The molecule has 2 N–H and O–H groups in total. The second kappa shape index (κ2) is 5.51. The van der Waals surface area contributed by atoms with E-state index < -0.39 is 0 Å². The van der Waals surface area contributed by atoms with Crippen molar-refractivity contribution in [2.45, 2.75) is 38.4 Å². The average molecular weight is 173 g/mol. The largest absolute Gasteiger partial charge is 0.392 e. The molecule has 1 unspecified atom stereocenters. The van der Waals surface area contributed by atoms with E-state index in [1.165, 1.54) is 12.8 Å². The Morgan fingerprint density at radius 3 is 3.08 bits per heavy atom. The minimum absolute atomic E-state index is 0.241. The SMILES string of the molecule is C[C@H](O)CNCCC1CCCO1. The second-order valence-electron chi connectivity index (χ2n) is 3.48. The van der Waals surface area contributed by atoms with Crippen molar-refractivity contribution in [2.75, 3.05) is 19.7 Å². The van der Waals surface area contributed by atoms with Crippen LogP contribution in [0.5, 0.6) is 0 Å². The van der Waals surface area contributed by atoms with E-state index in [0.29, 0.717) is 12.6 Å². The lowest BCUT2D eigenvalue weighted by atomic mass is 10.2. The second-order valence-corrected chi connectivity index (χ2v) is 3.48. The number of aliphatic hydroxyl groups is 1. The number of ether oxygens (including phenoxy) is 1. The summed E-state index contributed by atoms with van der Waals surface area (Å²) >= 11 is 0. The molecule has 1 rings (SSSR count). The van der Waals surface area contributed by atoms with Crippen molar-refractivity contribution in [1.82, 2.24) is 5.32 Å². The third-order valence-corrected chi connectivity index (χ3v) is 2.11. The molecule has 3 nitrogen and oxygen atoms in total. The van der Waals surface area contributed by atoms with Crippen LogP contribution in [0.25, 0.3) is 0 Å². The molecule has 0 aliphatic carbocycles. The lowest BCUT2D eigenvalue weighted by Gasteiger charge is -2.10. The highest BCUT2D eigenvalue weighted by atomic mass is 16.5. The molecule has 0 aromatic heterocycles. The van der Waals surface area contributed by atoms with Crippen molar-refractivity contribution in [3.63, 3.8) is 0 Å². The molecule has 1 aliphatic rings. The summed E-state index contributed by atoms with van der Waals surface area (Å²) in [5.74, 6) is 0. The van der Waals surface area contributed by atoms with Gasteiger partial charge in [-0.25, -0.2) is 0 Å². The Morgan fingerprint density at radius 1 is 1.67 bits per heavy atom. The van der Waals surface area contributed by atoms with Gasteiger partial charge >= 0.3 is 0 Å². The number of hydrogen-bond donors (Lipinski definition) is 2. The first-order valence-corrected chi connectivity index (χ1v) is 4.79. The van der Waals surface area contributed by atoms with E-state index in [-0.39, 0.29) is 6.10 Å². The Morgan fingerprint density at radius 2 is 2.50 bits per heavy atom. The summed E-state index contributed by atoms with van der Waals surface area (Å²) in [6.07, 6.45) is 3.71. The summed E-state index contributed by atoms with van der Waals surface area (Å²) in [7, 11) is 0. The molecular formula is C9H19NO2. The van der Waals surface area contributed by atoms with Gasteiger partial charge < -0.3 is 15.2 Å². The van der Waals surface area contributed by atoms with E-state index in [1.54, 1.807) is 6.92 Å². The first kappa shape index (κ1) is 9.96. The lowest BCUT2D eigenvalue weighted by Crippen LogP contribution is -2.27. The number of nitrogens with one attached hydrogen (secondary N) is 1. The molecule has 0 radical (unpaired) electrons. The molecule has 0 saturated carbocycles. The van der Waals surface area contributed by atoms with Crippen molar-refractivity contribution < 1.29 is 9.84 Å². The highest BCUT2D eigenvalue weighted by Gasteiger charge is 2.14. The summed E-state index contributed by atoms with van der Waals surface area (Å²) in [5.41, 5.74) is 0. The first-order chi connectivity index (χ1) is 5.79. The average Bonchev–Trinajstić information content (AvgIpc) is 2.49. The van der Waals surface area contributed by atoms with Crippen molar-refractivity contribution in [2.24, 2.45) is 0 Å². The van der Waals surface area contributed by atoms with E-state index in [4.69, 9.17) is 9.84 Å². The molecule has 0 spiro atoms. The van der Waals surface area contributed by atoms with Crippen LogP contribution >= 0.6 is 0 Å². The van der Waals surface area contributed by atoms with Gasteiger partial charge in [0.2, 0.25) is 0 Å². The summed E-state index contributed by atoms with van der Waals surface area (Å²) in [5, 5.41) is 12.1. The Bertz CT molecular complexity index is 111. The van der Waals surface area contributed by atoms with E-state index in [0.717, 1.165) is 19.6 Å². The minimum Gasteiger partial charge on any atom is -0.392 e. The molecule has 1 saturated heterocycles. The monoisotopic (exact) mass is 173 g/mol. The van der Waals surface area contributed by atoms with Gasteiger partial charge in [-0.1, -0.05) is 0 Å². The van der Waals surface area contributed by atoms with Crippen LogP contribution in [0.15, 0.2) is 0 Å². The topological polar surface area (TPSA) is 41.5 Å². The maximum absolute atomic E-state index is 8.95. The molecule has 0 aromatic rings. The van der Waals surface area contributed by atoms with Crippen LogP contribution in [0.3, 0.4) is 0 Å². The Kier molecular flexibility index (Phi) is 4.58.